The van der Waals surface area contributed by atoms with E-state index in [1.807, 2.05) is 0 Å². The molecule has 0 saturated heterocycles. The number of ether oxygens (including phenoxy) is 1. The zero-order valence-electron chi connectivity index (χ0n) is 5.94. The van der Waals surface area contributed by atoms with Crippen molar-refractivity contribution in [2.45, 2.75) is 18.9 Å². The van der Waals surface area contributed by atoms with Crippen molar-refractivity contribution in [3.05, 3.63) is 23.3 Å². The van der Waals surface area contributed by atoms with Crippen molar-refractivity contribution in [2.75, 3.05) is 0 Å². The first-order valence-corrected chi connectivity index (χ1v) is 3.62. The Morgan fingerprint density at radius 1 is 1.50 bits per heavy atom. The van der Waals surface area contributed by atoms with Crippen LogP contribution in [0.4, 0.5) is 13.2 Å². The number of alkyl halides is 3. The molecule has 12 heavy (non-hydrogen) atoms. The number of hydrogen-bond donors (Lipinski definition) is 0. The van der Waals surface area contributed by atoms with Gasteiger partial charge in [-0.1, -0.05) is 23.8 Å². The summed E-state index contributed by atoms with van der Waals surface area (Å²) in [5.74, 6) is 0. The summed E-state index contributed by atoms with van der Waals surface area (Å²) in [6.07, 6.45) is -1.19. The summed E-state index contributed by atoms with van der Waals surface area (Å²) in [7, 11) is 0. The maximum absolute atomic E-state index is 11.6. The fourth-order valence-corrected chi connectivity index (χ4v) is 1.09. The molecule has 1 unspecified atom stereocenters. The Balaban J connectivity index is 2.47. The molecule has 0 aromatic carbocycles. The van der Waals surface area contributed by atoms with Gasteiger partial charge in [0, 0.05) is 11.5 Å². The average Bonchev–Trinajstić information content (AvgIpc) is 1.82. The van der Waals surface area contributed by atoms with Gasteiger partial charge in [0.15, 0.2) is 0 Å². The minimum Gasteiger partial charge on any atom is -0.284 e. The van der Waals surface area contributed by atoms with Crippen molar-refractivity contribution in [1.29, 1.82) is 0 Å². The maximum Gasteiger partial charge on any atom is 0.523 e. The van der Waals surface area contributed by atoms with Gasteiger partial charge in [0.1, 0.15) is 0 Å². The van der Waals surface area contributed by atoms with Gasteiger partial charge >= 0.3 is 6.36 Å². The minimum atomic E-state index is -4.59. The molecule has 0 radical (unpaired) electrons. The normalized spacial score (nSPS) is 24.0. The van der Waals surface area contributed by atoms with Gasteiger partial charge in [-0.25, -0.2) is 0 Å². The van der Waals surface area contributed by atoms with E-state index in [2.05, 4.69) is 4.74 Å². The predicted octanol–water partition coefficient (Wildman–Crippen LogP) is 2.97. The van der Waals surface area contributed by atoms with E-state index in [9.17, 15) is 13.2 Å². The number of rotatable bonds is 1. The summed E-state index contributed by atoms with van der Waals surface area (Å²) < 4.78 is 38.7. The first-order valence-electron chi connectivity index (χ1n) is 3.25. The van der Waals surface area contributed by atoms with Gasteiger partial charge < -0.3 is 0 Å². The van der Waals surface area contributed by atoms with E-state index in [-0.39, 0.29) is 6.42 Å². The lowest BCUT2D eigenvalue weighted by Gasteiger charge is -2.17. The molecule has 0 bridgehead atoms. The predicted molar refractivity (Wildman–Crippen MR) is 38.6 cm³/mol. The van der Waals surface area contributed by atoms with Crippen LogP contribution in [0.3, 0.4) is 0 Å². The molecule has 0 saturated carbocycles. The molecular weight excluding hydrogens is 193 g/mol. The Morgan fingerprint density at radius 3 is 2.67 bits per heavy atom. The summed E-state index contributed by atoms with van der Waals surface area (Å²) in [6, 6.07) is 0. The van der Waals surface area contributed by atoms with Gasteiger partial charge in [0.05, 0.1) is 6.10 Å². The average molecular weight is 199 g/mol. The minimum absolute atomic E-state index is 0.0809. The molecule has 0 aromatic rings. The van der Waals surface area contributed by atoms with Crippen LogP contribution in [0.15, 0.2) is 23.3 Å². The zero-order valence-corrected chi connectivity index (χ0v) is 6.69. The van der Waals surface area contributed by atoms with Crippen LogP contribution in [-0.2, 0) is 4.74 Å². The monoisotopic (exact) mass is 198 g/mol. The van der Waals surface area contributed by atoms with E-state index in [0.29, 0.717) is 5.03 Å². The van der Waals surface area contributed by atoms with Gasteiger partial charge in [-0.2, -0.15) is 0 Å². The highest BCUT2D eigenvalue weighted by atomic mass is 35.5. The zero-order chi connectivity index (χ0) is 9.19. The third-order valence-electron chi connectivity index (χ3n) is 1.28. The van der Waals surface area contributed by atoms with Gasteiger partial charge in [-0.3, -0.25) is 4.74 Å². The second-order valence-electron chi connectivity index (χ2n) is 2.30. The third-order valence-corrected chi connectivity index (χ3v) is 1.56. The van der Waals surface area contributed by atoms with Crippen LogP contribution in [0, 0.1) is 0 Å². The van der Waals surface area contributed by atoms with E-state index >= 15 is 0 Å². The Bertz CT molecular complexity index is 219. The van der Waals surface area contributed by atoms with Gasteiger partial charge in [-0.05, 0) is 6.08 Å². The van der Waals surface area contributed by atoms with Crippen molar-refractivity contribution >= 4 is 11.6 Å². The van der Waals surface area contributed by atoms with Crippen molar-refractivity contribution < 1.29 is 17.9 Å². The first-order chi connectivity index (χ1) is 5.47. The third kappa shape index (κ3) is 3.28. The van der Waals surface area contributed by atoms with Crippen molar-refractivity contribution in [1.82, 2.24) is 0 Å². The molecule has 0 aliphatic heterocycles. The molecule has 68 valence electrons. The van der Waals surface area contributed by atoms with E-state index in [1.165, 1.54) is 18.2 Å². The first kappa shape index (κ1) is 9.61. The van der Waals surface area contributed by atoms with E-state index in [0.717, 1.165) is 0 Å². The van der Waals surface area contributed by atoms with E-state index in [4.69, 9.17) is 11.6 Å². The van der Waals surface area contributed by atoms with Crippen LogP contribution < -0.4 is 0 Å². The Kier molecular flexibility index (Phi) is 2.80. The van der Waals surface area contributed by atoms with Gasteiger partial charge in [0.25, 0.3) is 0 Å². The fraction of sp³-hybridized carbons (Fsp3) is 0.429. The SMILES string of the molecule is FC(F)(F)OC1C=CC=C(Cl)C1. The van der Waals surface area contributed by atoms with Crippen LogP contribution in [0.5, 0.6) is 0 Å². The highest BCUT2D eigenvalue weighted by Crippen LogP contribution is 2.25. The molecule has 1 atom stereocenters. The summed E-state index contributed by atoms with van der Waals surface area (Å²) in [4.78, 5) is 0. The van der Waals surface area contributed by atoms with E-state index in [1.54, 1.807) is 0 Å². The lowest BCUT2D eigenvalue weighted by atomic mass is 10.1. The lowest BCUT2D eigenvalue weighted by molar-refractivity contribution is -0.336. The quantitative estimate of drug-likeness (QED) is 0.630. The van der Waals surface area contributed by atoms with Gasteiger partial charge in [-0.15, -0.1) is 13.2 Å². The van der Waals surface area contributed by atoms with Crippen LogP contribution >= 0.6 is 11.6 Å². The molecule has 0 spiro atoms. The summed E-state index contributed by atoms with van der Waals surface area (Å²) >= 11 is 5.50. The molecule has 0 N–H and O–H groups in total. The maximum atomic E-state index is 11.6. The van der Waals surface area contributed by atoms with E-state index < -0.39 is 12.5 Å². The summed E-state index contributed by atoms with van der Waals surface area (Å²) in [5, 5.41) is 0.367. The molecule has 1 aliphatic carbocycles. The Hall–Kier alpha value is -0.480. The largest absolute Gasteiger partial charge is 0.523 e. The van der Waals surface area contributed by atoms with Crippen LogP contribution in [0.1, 0.15) is 6.42 Å². The Labute approximate surface area is 72.5 Å². The fourth-order valence-electron chi connectivity index (χ4n) is 0.865. The molecule has 0 fully saturated rings. The molecular formula is C7H6ClF3O. The number of halogens is 4. The van der Waals surface area contributed by atoms with Crippen LogP contribution in [-0.4, -0.2) is 12.5 Å². The standard InChI is InChI=1S/C7H6ClF3O/c8-5-2-1-3-6(4-5)12-7(9,10)11/h1-3,6H,4H2. The summed E-state index contributed by atoms with van der Waals surface area (Å²) in [5.41, 5.74) is 0. The topological polar surface area (TPSA) is 9.23 Å². The molecule has 1 nitrogen and oxygen atoms in total. The molecule has 0 heterocycles. The van der Waals surface area contributed by atoms with Gasteiger partial charge in [0.2, 0.25) is 0 Å². The highest BCUT2D eigenvalue weighted by Gasteiger charge is 2.33. The number of allylic oxidation sites excluding steroid dienone is 2. The molecule has 5 heteroatoms. The smallest absolute Gasteiger partial charge is 0.284 e. The molecule has 1 aliphatic rings. The van der Waals surface area contributed by atoms with Crippen molar-refractivity contribution in [3.8, 4) is 0 Å². The number of hydrogen-bond acceptors (Lipinski definition) is 1. The Morgan fingerprint density at radius 2 is 2.17 bits per heavy atom. The summed E-state index contributed by atoms with van der Waals surface area (Å²) in [6.45, 7) is 0. The lowest BCUT2D eigenvalue weighted by Crippen LogP contribution is -2.23. The van der Waals surface area contributed by atoms with Crippen molar-refractivity contribution in [2.24, 2.45) is 0 Å². The molecule has 0 amide bonds. The second-order valence-corrected chi connectivity index (χ2v) is 2.79. The van der Waals surface area contributed by atoms with Crippen LogP contribution in [0.25, 0.3) is 0 Å². The highest BCUT2D eigenvalue weighted by molar-refractivity contribution is 6.29. The second kappa shape index (κ2) is 3.49. The molecule has 1 rings (SSSR count). The van der Waals surface area contributed by atoms with Crippen molar-refractivity contribution in [3.63, 3.8) is 0 Å². The molecule has 0 aromatic heterocycles. The van der Waals surface area contributed by atoms with Crippen LogP contribution in [0.2, 0.25) is 0 Å².